The Morgan fingerprint density at radius 1 is 1.57 bits per heavy atom. The molecule has 0 aliphatic rings. The third-order valence-corrected chi connectivity index (χ3v) is 1.07. The Morgan fingerprint density at radius 3 is 2.36 bits per heavy atom. The van der Waals surface area contributed by atoms with Crippen LogP contribution in [-0.2, 0) is 9.53 Å². The maximum Gasteiger partial charge on any atom is 0.438 e. The van der Waals surface area contributed by atoms with Crippen LogP contribution < -0.4 is 0 Å². The maximum atomic E-state index is 11.8. The molecule has 0 radical (unpaired) electrons. The number of rotatable bonds is 2. The number of allylic oxidation sites excluding steroid dienone is 1. The Hall–Kier alpha value is -1.71. The van der Waals surface area contributed by atoms with Crippen molar-refractivity contribution < 1.29 is 27.8 Å². The van der Waals surface area contributed by atoms with Crippen molar-refractivity contribution in [3.63, 3.8) is 0 Å². The van der Waals surface area contributed by atoms with Gasteiger partial charge in [-0.1, -0.05) is 0 Å². The van der Waals surface area contributed by atoms with Gasteiger partial charge in [-0.05, 0) is 6.92 Å². The molecule has 0 unspecified atom stereocenters. The predicted molar refractivity (Wildman–Crippen MR) is 38.9 cm³/mol. The van der Waals surface area contributed by atoms with Gasteiger partial charge < -0.3 is 9.84 Å². The fourth-order valence-electron chi connectivity index (χ4n) is 0.529. The number of nitrogens with zero attached hydrogens (tertiary/aromatic N) is 1. The molecule has 1 N–H and O–H groups in total. The molecule has 0 rings (SSSR count). The number of esters is 1. The van der Waals surface area contributed by atoms with Crippen molar-refractivity contribution in [3.8, 4) is 0 Å². The molecule has 0 saturated carbocycles. The van der Waals surface area contributed by atoms with E-state index in [1.54, 1.807) is 0 Å². The topological polar surface area (TPSA) is 50.9 Å². The first-order chi connectivity index (χ1) is 6.34. The smallest absolute Gasteiger partial charge is 0.438 e. The molecule has 0 amide bonds. The lowest BCUT2D eigenvalue weighted by molar-refractivity contribution is -0.142. The Balaban J connectivity index is 5.08. The Morgan fingerprint density at radius 2 is 2.07 bits per heavy atom. The highest BCUT2D eigenvalue weighted by Crippen LogP contribution is 2.26. The molecular formula is C7H6F3NO3. The third kappa shape index (κ3) is 2.97. The second-order valence-electron chi connectivity index (χ2n) is 2.03. The van der Waals surface area contributed by atoms with E-state index in [-0.39, 0.29) is 6.61 Å². The van der Waals surface area contributed by atoms with E-state index in [2.05, 4.69) is 9.58 Å². The molecule has 7 heteroatoms. The van der Waals surface area contributed by atoms with Crippen LogP contribution in [0.15, 0.2) is 11.5 Å². The molecule has 0 heterocycles. The standard InChI is InChI=1S/C7H6F3NO3/c1-3-14-6(13)4(11-2)5(12)7(8,9)10/h12H,3H2,1H3/b5-4+. The molecule has 0 saturated heterocycles. The molecule has 0 aromatic heterocycles. The van der Waals surface area contributed by atoms with Crippen molar-refractivity contribution >= 4 is 5.97 Å². The second kappa shape index (κ2) is 4.50. The van der Waals surface area contributed by atoms with Gasteiger partial charge in [-0.25, -0.2) is 4.85 Å². The van der Waals surface area contributed by atoms with E-state index in [9.17, 15) is 18.0 Å². The fraction of sp³-hybridized carbons (Fsp3) is 0.429. The quantitative estimate of drug-likeness (QED) is 0.326. The Kier molecular flexibility index (Phi) is 3.95. The van der Waals surface area contributed by atoms with Gasteiger partial charge in [0.2, 0.25) is 5.76 Å². The van der Waals surface area contributed by atoms with Crippen molar-refractivity contribution in [2.75, 3.05) is 6.61 Å². The van der Waals surface area contributed by atoms with E-state index in [1.165, 1.54) is 6.92 Å². The predicted octanol–water partition coefficient (Wildman–Crippen LogP) is 1.80. The van der Waals surface area contributed by atoms with Crippen LogP contribution in [0.4, 0.5) is 13.2 Å². The minimum absolute atomic E-state index is 0.178. The molecule has 0 bridgehead atoms. The van der Waals surface area contributed by atoms with E-state index in [1.807, 2.05) is 0 Å². The number of aliphatic hydroxyl groups excluding tert-OH is 1. The highest BCUT2D eigenvalue weighted by atomic mass is 19.4. The number of aliphatic hydroxyl groups is 1. The van der Waals surface area contributed by atoms with Crippen LogP contribution in [0.1, 0.15) is 6.92 Å². The lowest BCUT2D eigenvalue weighted by Crippen LogP contribution is -2.18. The minimum atomic E-state index is -5.12. The van der Waals surface area contributed by atoms with Crippen LogP contribution in [0.5, 0.6) is 0 Å². The molecule has 78 valence electrons. The van der Waals surface area contributed by atoms with Gasteiger partial charge in [0.05, 0.1) is 13.2 Å². The summed E-state index contributed by atoms with van der Waals surface area (Å²) >= 11 is 0. The molecule has 0 atom stereocenters. The normalized spacial score (nSPS) is 12.8. The molecule has 0 aliphatic heterocycles. The summed E-state index contributed by atoms with van der Waals surface area (Å²) in [5, 5.41) is 8.48. The van der Waals surface area contributed by atoms with Gasteiger partial charge >= 0.3 is 17.8 Å². The number of halogens is 3. The summed E-state index contributed by atoms with van der Waals surface area (Å²) in [5.41, 5.74) is -1.46. The van der Waals surface area contributed by atoms with E-state index in [4.69, 9.17) is 11.7 Å². The number of hydrogen-bond donors (Lipinski definition) is 1. The SMILES string of the molecule is [C-]#[N+]/C(C(=O)OCC)=C(/O)C(F)(F)F. The van der Waals surface area contributed by atoms with Crippen LogP contribution in [0, 0.1) is 6.57 Å². The summed E-state index contributed by atoms with van der Waals surface area (Å²) in [5.74, 6) is -3.72. The summed E-state index contributed by atoms with van der Waals surface area (Å²) in [6.07, 6.45) is -5.12. The molecular weight excluding hydrogens is 203 g/mol. The average molecular weight is 209 g/mol. The monoisotopic (exact) mass is 209 g/mol. The molecule has 14 heavy (non-hydrogen) atoms. The highest BCUT2D eigenvalue weighted by molar-refractivity contribution is 5.91. The van der Waals surface area contributed by atoms with E-state index >= 15 is 0 Å². The lowest BCUT2D eigenvalue weighted by Gasteiger charge is -2.07. The van der Waals surface area contributed by atoms with Gasteiger partial charge in [0.25, 0.3) is 0 Å². The third-order valence-electron chi connectivity index (χ3n) is 1.07. The van der Waals surface area contributed by atoms with Crippen molar-refractivity contribution in [1.29, 1.82) is 0 Å². The Labute approximate surface area is 77.4 Å². The highest BCUT2D eigenvalue weighted by Gasteiger charge is 2.39. The van der Waals surface area contributed by atoms with Gasteiger partial charge in [0, 0.05) is 0 Å². The van der Waals surface area contributed by atoms with Crippen molar-refractivity contribution in [1.82, 2.24) is 0 Å². The van der Waals surface area contributed by atoms with Gasteiger partial charge in [-0.15, -0.1) is 0 Å². The van der Waals surface area contributed by atoms with Crippen LogP contribution in [0.3, 0.4) is 0 Å². The van der Waals surface area contributed by atoms with Crippen molar-refractivity contribution in [2.24, 2.45) is 0 Å². The molecule has 0 spiro atoms. The molecule has 0 aliphatic carbocycles. The number of carbonyl (C=O) groups is 1. The zero-order valence-electron chi connectivity index (χ0n) is 7.05. The summed E-state index contributed by atoms with van der Waals surface area (Å²) in [6, 6.07) is 0. The minimum Gasteiger partial charge on any atom is -0.515 e. The second-order valence-corrected chi connectivity index (χ2v) is 2.03. The largest absolute Gasteiger partial charge is 0.515 e. The van der Waals surface area contributed by atoms with Crippen LogP contribution in [0.25, 0.3) is 4.85 Å². The maximum absolute atomic E-state index is 11.8. The number of alkyl halides is 3. The fourth-order valence-corrected chi connectivity index (χ4v) is 0.529. The van der Waals surface area contributed by atoms with Crippen LogP contribution in [-0.4, -0.2) is 23.9 Å². The number of carbonyl (C=O) groups excluding carboxylic acids is 1. The zero-order valence-corrected chi connectivity index (χ0v) is 7.05. The van der Waals surface area contributed by atoms with Gasteiger partial charge in [-0.2, -0.15) is 13.2 Å². The van der Waals surface area contributed by atoms with Gasteiger partial charge in [-0.3, -0.25) is 4.79 Å². The zero-order chi connectivity index (χ0) is 11.4. The van der Waals surface area contributed by atoms with Crippen LogP contribution in [0.2, 0.25) is 0 Å². The molecule has 4 nitrogen and oxygen atoms in total. The number of ether oxygens (including phenoxy) is 1. The molecule has 0 aromatic carbocycles. The van der Waals surface area contributed by atoms with Gasteiger partial charge in [0.15, 0.2) is 0 Å². The van der Waals surface area contributed by atoms with Crippen molar-refractivity contribution in [2.45, 2.75) is 13.1 Å². The molecule has 0 aromatic rings. The number of hydrogen-bond acceptors (Lipinski definition) is 3. The first-order valence-corrected chi connectivity index (χ1v) is 3.39. The molecule has 0 fully saturated rings. The van der Waals surface area contributed by atoms with Crippen molar-refractivity contribution in [3.05, 3.63) is 22.9 Å². The lowest BCUT2D eigenvalue weighted by atomic mass is 10.3. The summed E-state index contributed by atoms with van der Waals surface area (Å²) < 4.78 is 39.6. The van der Waals surface area contributed by atoms with Crippen LogP contribution >= 0.6 is 0 Å². The Bertz CT molecular complexity index is 300. The van der Waals surface area contributed by atoms with E-state index in [0.717, 1.165) is 0 Å². The summed E-state index contributed by atoms with van der Waals surface area (Å²) in [7, 11) is 0. The van der Waals surface area contributed by atoms with E-state index in [0.29, 0.717) is 0 Å². The summed E-state index contributed by atoms with van der Waals surface area (Å²) in [6.45, 7) is 7.47. The van der Waals surface area contributed by atoms with Gasteiger partial charge in [0.1, 0.15) is 0 Å². The summed E-state index contributed by atoms with van der Waals surface area (Å²) in [4.78, 5) is 13.0. The first kappa shape index (κ1) is 12.3. The average Bonchev–Trinajstić information content (AvgIpc) is 2.04. The first-order valence-electron chi connectivity index (χ1n) is 3.39. The van der Waals surface area contributed by atoms with E-state index < -0.39 is 23.6 Å².